The van der Waals surface area contributed by atoms with Crippen LogP contribution in [-0.4, -0.2) is 10.4 Å². The second-order valence-electron chi connectivity index (χ2n) is 12.4. The van der Waals surface area contributed by atoms with E-state index in [0.29, 0.717) is 0 Å². The molecule has 0 spiro atoms. The molecule has 3 heteroatoms. The highest BCUT2D eigenvalue weighted by Crippen LogP contribution is 2.39. The number of para-hydroxylation sites is 1. The second kappa shape index (κ2) is 10.2. The maximum Gasteiger partial charge on any atom is 0.149 e. The average molecular weight is 600 g/mol. The molecule has 1 unspecified atom stereocenters. The van der Waals surface area contributed by atoms with E-state index in [4.69, 9.17) is 4.99 Å². The fourth-order valence-corrected chi connectivity index (χ4v) is 7.61. The number of hydrogen-bond donors (Lipinski definition) is 1. The van der Waals surface area contributed by atoms with Gasteiger partial charge in [0.15, 0.2) is 0 Å². The maximum absolute atomic E-state index is 5.40. The number of benzene rings is 8. The number of nitrogens with zero attached hydrogens (tertiary/aromatic N) is 2. The number of rotatable bonds is 3. The Bertz CT molecular complexity index is 2730. The summed E-state index contributed by atoms with van der Waals surface area (Å²) >= 11 is 0. The van der Waals surface area contributed by atoms with Gasteiger partial charge in [0.05, 0.1) is 11.0 Å². The Morgan fingerprint density at radius 3 is 1.72 bits per heavy atom. The fraction of sp³-hybridized carbons (Fsp3) is 0.0227. The number of nitrogens with one attached hydrogen (secondary N) is 1. The largest absolute Gasteiger partial charge is 0.340 e. The first-order valence-electron chi connectivity index (χ1n) is 16.2. The monoisotopic (exact) mass is 599 g/mol. The van der Waals surface area contributed by atoms with E-state index in [1.807, 2.05) is 0 Å². The predicted molar refractivity (Wildman–Crippen MR) is 199 cm³/mol. The Morgan fingerprint density at radius 2 is 1.00 bits per heavy atom. The van der Waals surface area contributed by atoms with Crippen LogP contribution in [0, 0.1) is 0 Å². The normalized spacial score (nSPS) is 15.0. The topological polar surface area (TPSA) is 29.3 Å². The van der Waals surface area contributed by atoms with Gasteiger partial charge in [-0.1, -0.05) is 133 Å². The molecule has 0 aliphatic carbocycles. The van der Waals surface area contributed by atoms with Crippen LogP contribution in [0.5, 0.6) is 0 Å². The number of hydrogen-bond acceptors (Lipinski definition) is 2. The highest BCUT2D eigenvalue weighted by Gasteiger charge is 2.23. The van der Waals surface area contributed by atoms with Crippen LogP contribution in [0.25, 0.3) is 70.6 Å². The summed E-state index contributed by atoms with van der Waals surface area (Å²) in [6, 6.07) is 56.9. The fourth-order valence-electron chi connectivity index (χ4n) is 7.61. The number of fused-ring (bicyclic) bond motifs is 10. The molecule has 1 atom stereocenters. The van der Waals surface area contributed by atoms with E-state index in [0.717, 1.165) is 22.7 Å². The molecule has 47 heavy (non-hydrogen) atoms. The molecular weight excluding hydrogens is 571 g/mol. The van der Waals surface area contributed by atoms with Crippen molar-refractivity contribution < 1.29 is 0 Å². The summed E-state index contributed by atoms with van der Waals surface area (Å²) in [5.74, 6) is 0.864. The standard InChI is InChI=1S/C44H29N3/c1-2-12-28(13-3-1)44-45-40(31-22-23-36-34-18-7-6-16-32(34)33-17-8-9-19-35(33)38(36)25-31)27-43(46-44)47-41-21-11-10-20-37(41)39-24-29-14-4-5-15-30(29)26-42(39)47/h1-27,43H,(H,45,46). The summed E-state index contributed by atoms with van der Waals surface area (Å²) < 4.78 is 2.41. The summed E-state index contributed by atoms with van der Waals surface area (Å²) in [6.45, 7) is 0. The lowest BCUT2D eigenvalue weighted by atomic mass is 9.92. The second-order valence-corrected chi connectivity index (χ2v) is 12.4. The molecule has 0 fully saturated rings. The lowest BCUT2D eigenvalue weighted by Crippen LogP contribution is -2.29. The SMILES string of the molecule is C1=C(c2ccc3c4ccccc4c4ccccc4c3c2)NC(c2ccccc2)=NC1n1c2ccccc2c2cc3ccccc3cc21. The Balaban J connectivity index is 1.23. The van der Waals surface area contributed by atoms with Gasteiger partial charge >= 0.3 is 0 Å². The quantitative estimate of drug-likeness (QED) is 0.201. The van der Waals surface area contributed by atoms with Crippen LogP contribution in [-0.2, 0) is 0 Å². The molecule has 2 heterocycles. The first-order chi connectivity index (χ1) is 23.3. The van der Waals surface area contributed by atoms with Crippen molar-refractivity contribution in [2.24, 2.45) is 4.99 Å². The zero-order valence-electron chi connectivity index (χ0n) is 25.6. The number of aromatic nitrogens is 1. The van der Waals surface area contributed by atoms with Crippen LogP contribution >= 0.6 is 0 Å². The van der Waals surface area contributed by atoms with Gasteiger partial charge in [-0.05, 0) is 79.0 Å². The van der Waals surface area contributed by atoms with E-state index < -0.39 is 0 Å². The van der Waals surface area contributed by atoms with Gasteiger partial charge in [0, 0.05) is 22.0 Å². The van der Waals surface area contributed by atoms with Gasteiger partial charge < -0.3 is 9.88 Å². The minimum absolute atomic E-state index is 0.255. The van der Waals surface area contributed by atoms with Gasteiger partial charge in [-0.25, -0.2) is 4.99 Å². The lowest BCUT2D eigenvalue weighted by Gasteiger charge is -2.25. The first-order valence-corrected chi connectivity index (χ1v) is 16.2. The van der Waals surface area contributed by atoms with E-state index >= 15 is 0 Å². The summed E-state index contributed by atoms with van der Waals surface area (Å²) in [7, 11) is 0. The summed E-state index contributed by atoms with van der Waals surface area (Å²) in [4.78, 5) is 5.40. The van der Waals surface area contributed by atoms with Gasteiger partial charge in [0.25, 0.3) is 0 Å². The van der Waals surface area contributed by atoms with Gasteiger partial charge in [0.1, 0.15) is 12.0 Å². The van der Waals surface area contributed by atoms with Crippen LogP contribution in [0.3, 0.4) is 0 Å². The van der Waals surface area contributed by atoms with Crippen LogP contribution in [0.2, 0.25) is 0 Å². The number of amidine groups is 1. The van der Waals surface area contributed by atoms with Crippen molar-refractivity contribution in [3.63, 3.8) is 0 Å². The molecule has 1 aliphatic heterocycles. The summed E-state index contributed by atoms with van der Waals surface area (Å²) in [5, 5.41) is 16.3. The van der Waals surface area contributed by atoms with Crippen LogP contribution < -0.4 is 5.32 Å². The predicted octanol–water partition coefficient (Wildman–Crippen LogP) is 11.0. The van der Waals surface area contributed by atoms with Crippen molar-refractivity contribution in [3.05, 3.63) is 175 Å². The Kier molecular flexibility index (Phi) is 5.64. The molecule has 0 bridgehead atoms. The first kappa shape index (κ1) is 26.1. The molecule has 8 aromatic carbocycles. The van der Waals surface area contributed by atoms with Crippen molar-refractivity contribution in [1.29, 1.82) is 0 Å². The molecule has 3 nitrogen and oxygen atoms in total. The van der Waals surface area contributed by atoms with Gasteiger partial charge in [-0.3, -0.25) is 0 Å². The Morgan fingerprint density at radius 1 is 0.426 bits per heavy atom. The molecule has 9 aromatic rings. The van der Waals surface area contributed by atoms with E-state index in [2.05, 4.69) is 174 Å². The molecule has 10 rings (SSSR count). The van der Waals surface area contributed by atoms with Crippen molar-refractivity contribution in [2.75, 3.05) is 0 Å². The molecule has 1 aliphatic rings. The zero-order valence-corrected chi connectivity index (χ0v) is 25.6. The van der Waals surface area contributed by atoms with Crippen LogP contribution in [0.4, 0.5) is 0 Å². The molecule has 0 amide bonds. The molecule has 220 valence electrons. The van der Waals surface area contributed by atoms with E-state index in [1.54, 1.807) is 0 Å². The molecule has 0 saturated heterocycles. The Hall–Kier alpha value is -6.19. The number of aliphatic imine (C=N–C) groups is 1. The van der Waals surface area contributed by atoms with E-state index in [9.17, 15) is 0 Å². The van der Waals surface area contributed by atoms with Crippen molar-refractivity contribution in [2.45, 2.75) is 6.17 Å². The van der Waals surface area contributed by atoms with Gasteiger partial charge in [-0.2, -0.15) is 0 Å². The molecule has 1 aromatic heterocycles. The summed E-state index contributed by atoms with van der Waals surface area (Å²) in [6.07, 6.45) is 2.03. The average Bonchev–Trinajstić information content (AvgIpc) is 3.47. The van der Waals surface area contributed by atoms with Crippen LogP contribution in [0.15, 0.2) is 169 Å². The van der Waals surface area contributed by atoms with Crippen molar-refractivity contribution >= 4 is 76.4 Å². The summed E-state index contributed by atoms with van der Waals surface area (Å²) in [5.41, 5.74) is 5.60. The highest BCUT2D eigenvalue weighted by molar-refractivity contribution is 6.25. The smallest absolute Gasteiger partial charge is 0.149 e. The van der Waals surface area contributed by atoms with Crippen molar-refractivity contribution in [3.8, 4) is 0 Å². The molecular formula is C44H29N3. The van der Waals surface area contributed by atoms with E-state index in [-0.39, 0.29) is 6.17 Å². The maximum atomic E-state index is 5.40. The minimum atomic E-state index is -0.255. The lowest BCUT2D eigenvalue weighted by molar-refractivity contribution is 0.668. The highest BCUT2D eigenvalue weighted by atomic mass is 15.2. The molecule has 0 radical (unpaired) electrons. The molecule has 0 saturated carbocycles. The van der Waals surface area contributed by atoms with Crippen molar-refractivity contribution in [1.82, 2.24) is 9.88 Å². The van der Waals surface area contributed by atoms with Gasteiger partial charge in [-0.15, -0.1) is 0 Å². The third kappa shape index (κ3) is 4.03. The third-order valence-electron chi connectivity index (χ3n) is 9.77. The minimum Gasteiger partial charge on any atom is -0.340 e. The van der Waals surface area contributed by atoms with E-state index in [1.165, 1.54) is 64.9 Å². The third-order valence-corrected chi connectivity index (χ3v) is 9.77. The Labute approximate surface area is 271 Å². The van der Waals surface area contributed by atoms with Gasteiger partial charge in [0.2, 0.25) is 0 Å². The molecule has 1 N–H and O–H groups in total. The zero-order chi connectivity index (χ0) is 30.9. The van der Waals surface area contributed by atoms with Crippen LogP contribution in [0.1, 0.15) is 17.3 Å².